The fraction of sp³-hybridized carbons (Fsp3) is 0.167. The maximum Gasteiger partial charge on any atom is 0.343 e. The second-order valence-electron chi connectivity index (χ2n) is 3.45. The fourth-order valence-corrected chi connectivity index (χ4v) is 1.46. The van der Waals surface area contributed by atoms with Gasteiger partial charge >= 0.3 is 5.97 Å². The van der Waals surface area contributed by atoms with E-state index in [1.54, 1.807) is 19.1 Å². The van der Waals surface area contributed by atoms with Crippen LogP contribution < -0.4 is 0 Å². The van der Waals surface area contributed by atoms with Gasteiger partial charge in [-0.05, 0) is 19.1 Å². The molecule has 6 nitrogen and oxygen atoms in total. The van der Waals surface area contributed by atoms with E-state index in [-0.39, 0.29) is 12.2 Å². The number of fused-ring (bicyclic) bond motifs is 1. The van der Waals surface area contributed by atoms with E-state index < -0.39 is 5.97 Å². The number of carbonyl (C=O) groups excluding carboxylic acids is 2. The van der Waals surface area contributed by atoms with Crippen molar-refractivity contribution in [2.45, 2.75) is 6.92 Å². The Morgan fingerprint density at radius 2 is 2.22 bits per heavy atom. The van der Waals surface area contributed by atoms with Gasteiger partial charge in [-0.3, -0.25) is 4.79 Å². The van der Waals surface area contributed by atoms with Gasteiger partial charge < -0.3 is 4.74 Å². The van der Waals surface area contributed by atoms with Gasteiger partial charge in [0.15, 0.2) is 6.29 Å². The Morgan fingerprint density at radius 3 is 2.94 bits per heavy atom. The van der Waals surface area contributed by atoms with Crippen LogP contribution in [0.1, 0.15) is 6.92 Å². The van der Waals surface area contributed by atoms with Crippen LogP contribution in [0.4, 0.5) is 0 Å². The first-order chi connectivity index (χ1) is 8.76. The minimum atomic E-state index is -0.674. The van der Waals surface area contributed by atoms with E-state index in [0.29, 0.717) is 17.3 Å². The van der Waals surface area contributed by atoms with Gasteiger partial charge in [-0.2, -0.15) is 0 Å². The van der Waals surface area contributed by atoms with Crippen LogP contribution in [0.25, 0.3) is 17.2 Å². The molecule has 0 fully saturated rings. The summed E-state index contributed by atoms with van der Waals surface area (Å²) in [6, 6.07) is 7.23. The summed E-state index contributed by atoms with van der Waals surface area (Å²) in [5.74, 6) is -0.674. The predicted octanol–water partition coefficient (Wildman–Crippen LogP) is 1.03. The van der Waals surface area contributed by atoms with Crippen molar-refractivity contribution in [2.24, 2.45) is 0 Å². The van der Waals surface area contributed by atoms with Gasteiger partial charge in [-0.1, -0.05) is 17.3 Å². The topological polar surface area (TPSA) is 74.1 Å². The number of para-hydroxylation sites is 1. The first-order valence-corrected chi connectivity index (χ1v) is 5.40. The van der Waals surface area contributed by atoms with Crippen molar-refractivity contribution in [3.8, 4) is 0 Å². The minimum absolute atomic E-state index is 0.104. The van der Waals surface area contributed by atoms with Crippen molar-refractivity contribution in [3.05, 3.63) is 29.8 Å². The highest BCUT2D eigenvalue weighted by molar-refractivity contribution is 6.10. The smallest absolute Gasteiger partial charge is 0.343 e. The Labute approximate surface area is 103 Å². The van der Waals surface area contributed by atoms with Gasteiger partial charge in [-0.15, -0.1) is 5.10 Å². The Morgan fingerprint density at radius 1 is 1.44 bits per heavy atom. The second-order valence-corrected chi connectivity index (χ2v) is 3.45. The summed E-state index contributed by atoms with van der Waals surface area (Å²) in [5, 5.41) is 7.76. The van der Waals surface area contributed by atoms with Crippen molar-refractivity contribution < 1.29 is 14.3 Å². The zero-order valence-electron chi connectivity index (χ0n) is 9.74. The highest BCUT2D eigenvalue weighted by atomic mass is 16.5. The molecule has 1 heterocycles. The van der Waals surface area contributed by atoms with E-state index in [1.165, 1.54) is 10.9 Å². The molecule has 6 heteroatoms. The lowest BCUT2D eigenvalue weighted by Gasteiger charge is -2.00. The summed E-state index contributed by atoms with van der Waals surface area (Å²) < 4.78 is 6.13. The molecule has 0 saturated carbocycles. The van der Waals surface area contributed by atoms with Crippen molar-refractivity contribution in [1.29, 1.82) is 0 Å². The van der Waals surface area contributed by atoms with E-state index in [4.69, 9.17) is 4.74 Å². The average Bonchev–Trinajstić information content (AvgIpc) is 2.79. The van der Waals surface area contributed by atoms with Gasteiger partial charge in [0.25, 0.3) is 0 Å². The molecule has 18 heavy (non-hydrogen) atoms. The van der Waals surface area contributed by atoms with Crippen LogP contribution in [0.2, 0.25) is 0 Å². The van der Waals surface area contributed by atoms with Crippen LogP contribution in [0.15, 0.2) is 29.8 Å². The predicted molar refractivity (Wildman–Crippen MR) is 64.5 cm³/mol. The van der Waals surface area contributed by atoms with E-state index in [9.17, 15) is 9.59 Å². The quantitative estimate of drug-likeness (QED) is 0.264. The number of rotatable bonds is 4. The molecule has 0 spiro atoms. The summed E-state index contributed by atoms with van der Waals surface area (Å²) in [6.45, 7) is 1.88. The zero-order valence-corrected chi connectivity index (χ0v) is 9.74. The lowest BCUT2D eigenvalue weighted by atomic mass is 10.3. The lowest BCUT2D eigenvalue weighted by molar-refractivity contribution is -0.139. The molecule has 0 amide bonds. The number of aldehydes is 1. The van der Waals surface area contributed by atoms with E-state index in [0.717, 1.165) is 0 Å². The molecule has 92 valence electrons. The molecule has 0 unspecified atom stereocenters. The molecule has 0 N–H and O–H groups in total. The van der Waals surface area contributed by atoms with Crippen LogP contribution in [-0.4, -0.2) is 33.9 Å². The SMILES string of the molecule is CCOC(=O)/C(C=O)=C\n1nnc2ccccc21. The van der Waals surface area contributed by atoms with E-state index >= 15 is 0 Å². The molecule has 0 atom stereocenters. The molecule has 2 rings (SSSR count). The average molecular weight is 245 g/mol. The fourth-order valence-electron chi connectivity index (χ4n) is 1.46. The molecular formula is C12H11N3O3. The van der Waals surface area contributed by atoms with Crippen molar-refractivity contribution in [2.75, 3.05) is 6.61 Å². The molecular weight excluding hydrogens is 234 g/mol. The van der Waals surface area contributed by atoms with Crippen molar-refractivity contribution in [3.63, 3.8) is 0 Å². The Hall–Kier alpha value is -2.50. The first kappa shape index (κ1) is 12.0. The molecule has 0 saturated heterocycles. The molecule has 0 aliphatic heterocycles. The normalized spacial score (nSPS) is 11.5. The number of esters is 1. The maximum absolute atomic E-state index is 11.5. The second kappa shape index (κ2) is 5.22. The summed E-state index contributed by atoms with van der Waals surface area (Å²) in [7, 11) is 0. The third-order valence-electron chi connectivity index (χ3n) is 2.28. The van der Waals surface area contributed by atoms with Crippen molar-refractivity contribution >= 4 is 29.5 Å². The largest absolute Gasteiger partial charge is 0.462 e. The van der Waals surface area contributed by atoms with E-state index in [1.807, 2.05) is 12.1 Å². The van der Waals surface area contributed by atoms with Crippen LogP contribution in [-0.2, 0) is 14.3 Å². The van der Waals surface area contributed by atoms with Gasteiger partial charge in [0.2, 0.25) is 0 Å². The van der Waals surface area contributed by atoms with Crippen LogP contribution in [0, 0.1) is 0 Å². The molecule has 0 radical (unpaired) electrons. The van der Waals surface area contributed by atoms with Crippen molar-refractivity contribution in [1.82, 2.24) is 15.0 Å². The standard InChI is InChI=1S/C12H11N3O3/c1-2-18-12(17)9(8-16)7-15-11-6-4-3-5-10(11)13-14-15/h3-8H,2H2,1H3/b9-7-. The number of benzene rings is 1. The molecule has 0 aliphatic carbocycles. The van der Waals surface area contributed by atoms with Crippen LogP contribution in [0.3, 0.4) is 0 Å². The molecule has 1 aromatic carbocycles. The zero-order chi connectivity index (χ0) is 13.0. The van der Waals surface area contributed by atoms with Gasteiger partial charge in [0.05, 0.1) is 12.1 Å². The lowest BCUT2D eigenvalue weighted by Crippen LogP contribution is -2.10. The Kier molecular flexibility index (Phi) is 3.47. The third-order valence-corrected chi connectivity index (χ3v) is 2.28. The maximum atomic E-state index is 11.5. The highest BCUT2D eigenvalue weighted by Crippen LogP contribution is 2.11. The molecule has 0 aliphatic rings. The Balaban J connectivity index is 2.41. The third kappa shape index (κ3) is 2.27. The number of ether oxygens (including phenoxy) is 1. The number of hydrogen-bond acceptors (Lipinski definition) is 5. The molecule has 2 aromatic rings. The van der Waals surface area contributed by atoms with Crippen LogP contribution in [0.5, 0.6) is 0 Å². The number of aromatic nitrogens is 3. The monoisotopic (exact) mass is 245 g/mol. The van der Waals surface area contributed by atoms with Gasteiger partial charge in [0, 0.05) is 6.20 Å². The van der Waals surface area contributed by atoms with Gasteiger partial charge in [-0.25, -0.2) is 9.48 Å². The number of hydrogen-bond donors (Lipinski definition) is 0. The summed E-state index contributed by atoms with van der Waals surface area (Å²) in [5.41, 5.74) is 1.29. The first-order valence-electron chi connectivity index (χ1n) is 5.40. The summed E-state index contributed by atoms with van der Waals surface area (Å²) >= 11 is 0. The van der Waals surface area contributed by atoms with Crippen LogP contribution >= 0.6 is 0 Å². The molecule has 0 bridgehead atoms. The Bertz CT molecular complexity index is 616. The number of carbonyl (C=O) groups is 2. The van der Waals surface area contributed by atoms with E-state index in [2.05, 4.69) is 10.3 Å². The summed E-state index contributed by atoms with van der Waals surface area (Å²) in [4.78, 5) is 22.3. The highest BCUT2D eigenvalue weighted by Gasteiger charge is 2.11. The minimum Gasteiger partial charge on any atom is -0.462 e. The van der Waals surface area contributed by atoms with Gasteiger partial charge in [0.1, 0.15) is 11.1 Å². The number of nitrogens with zero attached hydrogens (tertiary/aromatic N) is 3. The molecule has 1 aromatic heterocycles. The summed E-state index contributed by atoms with van der Waals surface area (Å²) in [6.07, 6.45) is 1.74.